The molecule has 0 unspecified atom stereocenters. The first kappa shape index (κ1) is 19.2. The van der Waals surface area contributed by atoms with Crippen molar-refractivity contribution in [2.24, 2.45) is 0 Å². The summed E-state index contributed by atoms with van der Waals surface area (Å²) in [7, 11) is 0. The molecule has 0 aliphatic rings. The number of carbonyl (C=O) groups is 1. The Labute approximate surface area is 172 Å². The molecule has 148 valence electrons. The summed E-state index contributed by atoms with van der Waals surface area (Å²) in [5.74, 6) is 0.418. The van der Waals surface area contributed by atoms with Gasteiger partial charge in [0.05, 0.1) is 0 Å². The molecule has 29 heavy (non-hydrogen) atoms. The number of benzene rings is 1. The summed E-state index contributed by atoms with van der Waals surface area (Å²) < 4.78 is 13.0. The minimum atomic E-state index is -0.416. The Hall–Kier alpha value is -3.12. The van der Waals surface area contributed by atoms with Crippen LogP contribution in [0.5, 0.6) is 5.75 Å². The van der Waals surface area contributed by atoms with Crippen LogP contribution in [0.25, 0.3) is 11.0 Å². The van der Waals surface area contributed by atoms with Crippen LogP contribution in [0.3, 0.4) is 0 Å². The fraction of sp³-hybridized carbons (Fsp3) is 0.217. The molecule has 0 aliphatic carbocycles. The third-order valence-electron chi connectivity index (χ3n) is 5.00. The predicted octanol–water partition coefficient (Wildman–Crippen LogP) is 4.78. The van der Waals surface area contributed by atoms with Gasteiger partial charge in [-0.1, -0.05) is 6.07 Å². The minimum Gasteiger partial charge on any atom is -0.485 e. The van der Waals surface area contributed by atoms with Gasteiger partial charge in [0.2, 0.25) is 5.78 Å². The molecule has 6 heteroatoms. The highest BCUT2D eigenvalue weighted by Gasteiger charge is 2.16. The standard InChI is InChI=1S/C23H21NO4S/c1-15-12-20(16(2)24(15)10-9-19-4-3-11-29-19)21(25)14-27-18-7-5-17-6-8-23(26)28-22(17)13-18/h3-8,11-13H,9-10,14H2,1-2H3. The van der Waals surface area contributed by atoms with Crippen LogP contribution in [0.2, 0.25) is 0 Å². The van der Waals surface area contributed by atoms with E-state index in [0.29, 0.717) is 16.9 Å². The summed E-state index contributed by atoms with van der Waals surface area (Å²) in [6.07, 6.45) is 0.945. The van der Waals surface area contributed by atoms with Crippen molar-refractivity contribution in [2.45, 2.75) is 26.8 Å². The molecule has 4 rings (SSSR count). The van der Waals surface area contributed by atoms with Crippen molar-refractivity contribution in [3.8, 4) is 5.75 Å². The number of carbonyl (C=O) groups excluding carboxylic acids is 1. The van der Waals surface area contributed by atoms with E-state index in [1.165, 1.54) is 10.9 Å². The van der Waals surface area contributed by atoms with Crippen LogP contribution in [0, 0.1) is 13.8 Å². The van der Waals surface area contributed by atoms with E-state index in [0.717, 1.165) is 29.7 Å². The first-order chi connectivity index (χ1) is 14.0. The second kappa shape index (κ2) is 8.09. The number of ether oxygens (including phenoxy) is 1. The molecule has 3 aromatic heterocycles. The zero-order chi connectivity index (χ0) is 20.4. The Morgan fingerprint density at radius 1 is 1.14 bits per heavy atom. The Bertz CT molecular complexity index is 1220. The predicted molar refractivity (Wildman–Crippen MR) is 114 cm³/mol. The number of nitrogens with zero attached hydrogens (tertiary/aromatic N) is 1. The average molecular weight is 407 g/mol. The van der Waals surface area contributed by atoms with Crippen LogP contribution in [0.1, 0.15) is 26.6 Å². The Morgan fingerprint density at radius 2 is 1.97 bits per heavy atom. The van der Waals surface area contributed by atoms with Gasteiger partial charge in [-0.3, -0.25) is 4.79 Å². The largest absolute Gasteiger partial charge is 0.485 e. The van der Waals surface area contributed by atoms with Crippen LogP contribution in [0.15, 0.2) is 63.1 Å². The zero-order valence-corrected chi connectivity index (χ0v) is 17.1. The van der Waals surface area contributed by atoms with Gasteiger partial charge in [0.25, 0.3) is 0 Å². The quantitative estimate of drug-likeness (QED) is 0.327. The zero-order valence-electron chi connectivity index (χ0n) is 16.3. The Morgan fingerprint density at radius 3 is 2.76 bits per heavy atom. The summed E-state index contributed by atoms with van der Waals surface area (Å²) >= 11 is 1.75. The molecule has 0 radical (unpaired) electrons. The van der Waals surface area contributed by atoms with Crippen LogP contribution in [0.4, 0.5) is 0 Å². The van der Waals surface area contributed by atoms with E-state index in [1.807, 2.05) is 19.9 Å². The highest BCUT2D eigenvalue weighted by molar-refractivity contribution is 7.09. The van der Waals surface area contributed by atoms with Gasteiger partial charge in [-0.05, 0) is 56.0 Å². The molecule has 0 bridgehead atoms. The summed E-state index contributed by atoms with van der Waals surface area (Å²) in [4.78, 5) is 25.5. The fourth-order valence-electron chi connectivity index (χ4n) is 3.46. The molecule has 4 aromatic rings. The van der Waals surface area contributed by atoms with Gasteiger partial charge in [0.1, 0.15) is 11.3 Å². The molecule has 3 heterocycles. The lowest BCUT2D eigenvalue weighted by atomic mass is 10.1. The highest BCUT2D eigenvalue weighted by Crippen LogP contribution is 2.21. The summed E-state index contributed by atoms with van der Waals surface area (Å²) in [6, 6.07) is 14.4. The Balaban J connectivity index is 1.46. The number of thiophene rings is 1. The average Bonchev–Trinajstić information content (AvgIpc) is 3.32. The molecular weight excluding hydrogens is 386 g/mol. The molecule has 0 spiro atoms. The monoisotopic (exact) mass is 407 g/mol. The first-order valence-corrected chi connectivity index (χ1v) is 10.3. The number of aromatic nitrogens is 1. The van der Waals surface area contributed by atoms with Gasteiger partial charge in [-0.15, -0.1) is 11.3 Å². The van der Waals surface area contributed by atoms with Crippen LogP contribution < -0.4 is 10.4 Å². The molecule has 1 aromatic carbocycles. The molecule has 0 saturated heterocycles. The third-order valence-corrected chi connectivity index (χ3v) is 5.94. The van der Waals surface area contributed by atoms with Gasteiger partial charge in [0.15, 0.2) is 6.61 Å². The van der Waals surface area contributed by atoms with Crippen molar-refractivity contribution in [2.75, 3.05) is 6.61 Å². The van der Waals surface area contributed by atoms with Crippen molar-refractivity contribution < 1.29 is 13.9 Å². The van der Waals surface area contributed by atoms with Crippen LogP contribution in [-0.4, -0.2) is 17.0 Å². The topological polar surface area (TPSA) is 61.4 Å². The summed E-state index contributed by atoms with van der Waals surface area (Å²) in [6.45, 7) is 4.76. The van der Waals surface area contributed by atoms with Crippen molar-refractivity contribution >= 4 is 28.1 Å². The highest BCUT2D eigenvalue weighted by atomic mass is 32.1. The van der Waals surface area contributed by atoms with Gasteiger partial charge in [0, 0.05) is 45.9 Å². The smallest absolute Gasteiger partial charge is 0.336 e. The van der Waals surface area contributed by atoms with E-state index in [4.69, 9.17) is 9.15 Å². The molecule has 0 aliphatic heterocycles. The lowest BCUT2D eigenvalue weighted by Crippen LogP contribution is -2.13. The molecule has 5 nitrogen and oxygen atoms in total. The molecule has 0 N–H and O–H groups in total. The molecular formula is C23H21NO4S. The lowest BCUT2D eigenvalue weighted by molar-refractivity contribution is 0.0920. The second-order valence-electron chi connectivity index (χ2n) is 6.93. The maximum absolute atomic E-state index is 12.7. The van der Waals surface area contributed by atoms with Gasteiger partial charge < -0.3 is 13.7 Å². The minimum absolute atomic E-state index is 0.0716. The maximum Gasteiger partial charge on any atom is 0.336 e. The second-order valence-corrected chi connectivity index (χ2v) is 7.96. The van der Waals surface area contributed by atoms with E-state index in [2.05, 4.69) is 22.1 Å². The fourth-order valence-corrected chi connectivity index (χ4v) is 4.16. The SMILES string of the molecule is Cc1cc(C(=O)COc2ccc3ccc(=O)oc3c2)c(C)n1CCc1cccs1. The molecule has 0 fully saturated rings. The van der Waals surface area contributed by atoms with Gasteiger partial charge in [-0.25, -0.2) is 4.79 Å². The van der Waals surface area contributed by atoms with Crippen LogP contribution in [-0.2, 0) is 13.0 Å². The number of hydrogen-bond donors (Lipinski definition) is 0. The number of rotatable bonds is 7. The van der Waals surface area contributed by atoms with Crippen LogP contribution >= 0.6 is 11.3 Å². The van der Waals surface area contributed by atoms with Crippen molar-refractivity contribution in [1.29, 1.82) is 0 Å². The molecule has 0 atom stereocenters. The summed E-state index contributed by atoms with van der Waals surface area (Å²) in [5.41, 5.74) is 2.72. The number of ketones is 1. The number of fused-ring (bicyclic) bond motifs is 1. The third kappa shape index (κ3) is 4.17. The van der Waals surface area contributed by atoms with E-state index in [1.54, 1.807) is 35.6 Å². The van der Waals surface area contributed by atoms with E-state index >= 15 is 0 Å². The van der Waals surface area contributed by atoms with Crippen molar-refractivity contribution in [3.63, 3.8) is 0 Å². The van der Waals surface area contributed by atoms with E-state index in [-0.39, 0.29) is 12.4 Å². The van der Waals surface area contributed by atoms with Crippen molar-refractivity contribution in [1.82, 2.24) is 4.57 Å². The normalized spacial score (nSPS) is 11.1. The molecule has 0 saturated carbocycles. The van der Waals surface area contributed by atoms with Gasteiger partial charge in [-0.2, -0.15) is 0 Å². The number of Topliss-reactive ketones (excluding diaryl/α,β-unsaturated/α-hetero) is 1. The Kier molecular flexibility index (Phi) is 5.36. The van der Waals surface area contributed by atoms with E-state index < -0.39 is 5.63 Å². The van der Waals surface area contributed by atoms with Crippen molar-refractivity contribution in [3.05, 3.63) is 86.2 Å². The van der Waals surface area contributed by atoms with E-state index in [9.17, 15) is 9.59 Å². The number of aryl methyl sites for hydroxylation is 2. The molecule has 0 amide bonds. The number of hydrogen-bond acceptors (Lipinski definition) is 5. The first-order valence-electron chi connectivity index (χ1n) is 9.40. The summed E-state index contributed by atoms with van der Waals surface area (Å²) in [5, 5.41) is 2.88. The lowest BCUT2D eigenvalue weighted by Gasteiger charge is -2.09. The maximum atomic E-state index is 12.7. The van der Waals surface area contributed by atoms with Gasteiger partial charge >= 0.3 is 5.63 Å².